The summed E-state index contributed by atoms with van der Waals surface area (Å²) in [5.41, 5.74) is -1.10. The fraction of sp³-hybridized carbons (Fsp3) is 1.00. The van der Waals surface area contributed by atoms with Gasteiger partial charge in [0.1, 0.15) is 0 Å². The first-order valence-electron chi connectivity index (χ1n) is 15.7. The van der Waals surface area contributed by atoms with Gasteiger partial charge < -0.3 is 23.7 Å². The van der Waals surface area contributed by atoms with Crippen LogP contribution in [-0.2, 0) is 43.2 Å². The summed E-state index contributed by atoms with van der Waals surface area (Å²) < 4.78 is 32.2. The van der Waals surface area contributed by atoms with Gasteiger partial charge in [-0.05, 0) is 76.0 Å². The summed E-state index contributed by atoms with van der Waals surface area (Å²) in [5, 5.41) is 0. The minimum atomic E-state index is -0.724. The van der Waals surface area contributed by atoms with Gasteiger partial charge in [0.15, 0.2) is 23.8 Å². The van der Waals surface area contributed by atoms with Crippen molar-refractivity contribution >= 4 is 0 Å². The van der Waals surface area contributed by atoms with E-state index in [-0.39, 0.29) is 36.3 Å². The van der Waals surface area contributed by atoms with E-state index < -0.39 is 22.8 Å². The molecule has 39 heavy (non-hydrogen) atoms. The van der Waals surface area contributed by atoms with E-state index in [9.17, 15) is 0 Å². The van der Waals surface area contributed by atoms with Gasteiger partial charge in [0.2, 0.25) is 11.6 Å². The molecule has 0 radical (unpaired) electrons. The van der Waals surface area contributed by atoms with Crippen LogP contribution in [0.1, 0.15) is 79.1 Å². The molecule has 14 atom stereocenters. The van der Waals surface area contributed by atoms with Crippen LogP contribution in [0.4, 0.5) is 0 Å². The van der Waals surface area contributed by atoms with Crippen molar-refractivity contribution in [2.24, 2.45) is 47.3 Å². The Labute approximate surface area is 231 Å². The fourth-order valence-electron chi connectivity index (χ4n) is 10.1. The van der Waals surface area contributed by atoms with Crippen LogP contribution >= 0.6 is 0 Å². The van der Waals surface area contributed by atoms with Crippen molar-refractivity contribution in [3.8, 4) is 0 Å². The molecule has 10 fully saturated rings. The van der Waals surface area contributed by atoms with Crippen molar-refractivity contribution < 1.29 is 43.2 Å². The lowest BCUT2D eigenvalue weighted by Crippen LogP contribution is -2.69. The average molecular weight is 551 g/mol. The molecule has 0 unspecified atom stereocenters. The zero-order valence-corrected chi connectivity index (χ0v) is 23.9. The molecule has 8 heterocycles. The molecule has 9 heteroatoms. The molecule has 0 aromatic carbocycles. The smallest absolute Gasteiger partial charge is 0.201 e. The summed E-state index contributed by atoms with van der Waals surface area (Å²) in [6.07, 6.45) is 7.53. The van der Waals surface area contributed by atoms with Gasteiger partial charge in [-0.3, -0.25) is 0 Å². The summed E-state index contributed by atoms with van der Waals surface area (Å²) in [6, 6.07) is 0. The maximum absolute atomic E-state index is 6.58. The van der Waals surface area contributed by atoms with E-state index in [4.69, 9.17) is 43.2 Å². The Morgan fingerprint density at radius 2 is 1.05 bits per heavy atom. The number of ether oxygens (including phenoxy) is 5. The van der Waals surface area contributed by atoms with E-state index in [0.717, 1.165) is 38.5 Å². The molecule has 2 spiro atoms. The quantitative estimate of drug-likeness (QED) is 0.462. The zero-order chi connectivity index (χ0) is 26.6. The Kier molecular flexibility index (Phi) is 6.11. The van der Waals surface area contributed by atoms with Gasteiger partial charge >= 0.3 is 0 Å². The third-order valence-corrected chi connectivity index (χ3v) is 12.3. The zero-order valence-electron chi connectivity index (χ0n) is 23.9. The van der Waals surface area contributed by atoms with E-state index in [1.54, 1.807) is 0 Å². The Morgan fingerprint density at radius 3 is 1.51 bits per heavy atom. The second kappa shape index (κ2) is 9.07. The Hall–Kier alpha value is -0.360. The maximum atomic E-state index is 6.58. The van der Waals surface area contributed by atoms with Gasteiger partial charge in [0.25, 0.3) is 0 Å². The summed E-state index contributed by atoms with van der Waals surface area (Å²) in [5.74, 6) is 1.42. The van der Waals surface area contributed by atoms with Gasteiger partial charge in [0.05, 0.1) is 26.4 Å². The number of fused-ring (bicyclic) bond motifs is 4. The topological polar surface area (TPSA) is 83.1 Å². The van der Waals surface area contributed by atoms with Crippen molar-refractivity contribution in [1.29, 1.82) is 0 Å². The van der Waals surface area contributed by atoms with Crippen LogP contribution in [0, 0.1) is 47.3 Å². The van der Waals surface area contributed by atoms with E-state index >= 15 is 0 Å². The Morgan fingerprint density at radius 1 is 0.590 bits per heavy atom. The number of hydrogen-bond acceptors (Lipinski definition) is 9. The summed E-state index contributed by atoms with van der Waals surface area (Å²) in [7, 11) is 0. The molecule has 220 valence electrons. The van der Waals surface area contributed by atoms with E-state index in [1.165, 1.54) is 12.8 Å². The lowest BCUT2D eigenvalue weighted by molar-refractivity contribution is -0.568. The molecule has 0 amide bonds. The second-order valence-electron chi connectivity index (χ2n) is 14.5. The van der Waals surface area contributed by atoms with Gasteiger partial charge in [-0.1, -0.05) is 13.8 Å². The van der Waals surface area contributed by atoms with Crippen LogP contribution in [0.3, 0.4) is 0 Å². The van der Waals surface area contributed by atoms with Gasteiger partial charge in [-0.2, -0.15) is 0 Å². The largest absolute Gasteiger partial charge is 0.381 e. The highest BCUT2D eigenvalue weighted by Gasteiger charge is 2.70. The van der Waals surface area contributed by atoms with Gasteiger partial charge in [-0.25, -0.2) is 19.6 Å². The monoisotopic (exact) mass is 550 g/mol. The molecule has 9 nitrogen and oxygen atoms in total. The molecule has 2 aliphatic carbocycles. The van der Waals surface area contributed by atoms with Crippen LogP contribution in [0.25, 0.3) is 0 Å². The minimum Gasteiger partial charge on any atom is -0.381 e. The second-order valence-corrected chi connectivity index (χ2v) is 14.5. The summed E-state index contributed by atoms with van der Waals surface area (Å²) in [4.78, 5) is 24.6. The first-order chi connectivity index (χ1) is 18.8. The summed E-state index contributed by atoms with van der Waals surface area (Å²) in [6.45, 7) is 11.2. The van der Waals surface area contributed by atoms with Crippen LogP contribution in [0.15, 0.2) is 0 Å². The molecule has 4 bridgehead atoms. The minimum absolute atomic E-state index is 0.233. The molecule has 2 saturated carbocycles. The molecule has 0 N–H and O–H groups in total. The molecule has 0 aromatic heterocycles. The molecular formula is C30H46O9. The van der Waals surface area contributed by atoms with Crippen LogP contribution in [0.5, 0.6) is 0 Å². The van der Waals surface area contributed by atoms with Crippen LogP contribution in [-0.4, -0.2) is 61.8 Å². The van der Waals surface area contributed by atoms with Crippen molar-refractivity contribution in [3.63, 3.8) is 0 Å². The van der Waals surface area contributed by atoms with E-state index in [0.29, 0.717) is 50.1 Å². The van der Waals surface area contributed by atoms with Crippen molar-refractivity contribution in [2.45, 2.75) is 114 Å². The van der Waals surface area contributed by atoms with Crippen molar-refractivity contribution in [2.75, 3.05) is 26.4 Å². The predicted octanol–water partition coefficient (Wildman–Crippen LogP) is 4.73. The first-order valence-corrected chi connectivity index (χ1v) is 15.7. The first kappa shape index (κ1) is 26.3. The van der Waals surface area contributed by atoms with Crippen LogP contribution in [0.2, 0.25) is 0 Å². The van der Waals surface area contributed by atoms with Crippen molar-refractivity contribution in [1.82, 2.24) is 0 Å². The van der Waals surface area contributed by atoms with E-state index in [1.807, 2.05) is 13.8 Å². The molecule has 10 rings (SSSR count). The highest BCUT2D eigenvalue weighted by atomic mass is 17.3. The van der Waals surface area contributed by atoms with Crippen molar-refractivity contribution in [3.05, 3.63) is 0 Å². The number of rotatable bonds is 4. The predicted molar refractivity (Wildman–Crippen MR) is 135 cm³/mol. The number of hydrogen-bond donors (Lipinski definition) is 0. The van der Waals surface area contributed by atoms with Gasteiger partial charge in [0, 0.05) is 36.5 Å². The van der Waals surface area contributed by atoms with Gasteiger partial charge in [-0.15, -0.1) is 0 Å². The molecule has 8 aliphatic heterocycles. The normalized spacial score (nSPS) is 59.7. The lowest BCUT2D eigenvalue weighted by atomic mass is 9.58. The third kappa shape index (κ3) is 3.70. The Balaban J connectivity index is 0.985. The maximum Gasteiger partial charge on any atom is 0.201 e. The Bertz CT molecular complexity index is 891. The fourth-order valence-corrected chi connectivity index (χ4v) is 10.1. The average Bonchev–Trinajstić information content (AvgIpc) is 3.29. The van der Waals surface area contributed by atoms with E-state index in [2.05, 4.69) is 13.8 Å². The van der Waals surface area contributed by atoms with Crippen LogP contribution < -0.4 is 0 Å². The molecule has 10 aliphatic rings. The highest BCUT2D eigenvalue weighted by molar-refractivity contribution is 5.10. The SMILES string of the molecule is C[C@@H]1CC[C@H]2[C@@H](COC[C@H]3CO[C@@H]4O[C@]5(C)CC[C@H]6[C@H](C)CC[C@@H]3[C@@]46OO5)CO[C@@H]3O[C@@]4(C)CC[C@@H]1[C@]32OO4. The standard InChI is InChI=1S/C30H46O9/c1-17-5-7-23-19(15-32-25-29(23)21(17)9-11-27(3,34-25)36-38-29)13-31-14-20-16-33-26-30-22(18(2)6-8-24(20)30)10-12-28(4,35-26)37-39-30/h17-26H,5-16H2,1-4H3/t17-,18-,19+,20+,21+,22+,23+,24+,25-,26-,27-,28+,29-,30-/m1/s1. The molecule has 8 saturated heterocycles. The highest BCUT2D eigenvalue weighted by Crippen LogP contribution is 2.61. The lowest BCUT2D eigenvalue weighted by Gasteiger charge is -2.59. The third-order valence-electron chi connectivity index (χ3n) is 12.3. The summed E-state index contributed by atoms with van der Waals surface area (Å²) >= 11 is 0. The molecular weight excluding hydrogens is 504 g/mol. The molecule has 0 aromatic rings.